The van der Waals surface area contributed by atoms with Gasteiger partial charge in [0.05, 0.1) is 28.4 Å². The normalized spacial score (nSPS) is 24.3. The van der Waals surface area contributed by atoms with Gasteiger partial charge in [-0.2, -0.15) is 0 Å². The molecule has 0 saturated carbocycles. The van der Waals surface area contributed by atoms with Gasteiger partial charge >= 0.3 is 0 Å². The second-order valence-corrected chi connectivity index (χ2v) is 9.59. The van der Waals surface area contributed by atoms with Crippen molar-refractivity contribution in [1.29, 1.82) is 0 Å². The van der Waals surface area contributed by atoms with Crippen LogP contribution < -0.4 is 29.0 Å². The van der Waals surface area contributed by atoms with Crippen LogP contribution >= 0.6 is 11.6 Å². The number of methoxy groups -OCH3 is 4. The summed E-state index contributed by atoms with van der Waals surface area (Å²) >= 11 is 6.53. The zero-order valence-corrected chi connectivity index (χ0v) is 21.8. The molecule has 10 heteroatoms. The Morgan fingerprint density at radius 1 is 0.892 bits per heavy atom. The third-order valence-corrected chi connectivity index (χ3v) is 7.73. The van der Waals surface area contributed by atoms with E-state index in [1.165, 1.54) is 34.5 Å². The van der Waals surface area contributed by atoms with Crippen LogP contribution in [0.15, 0.2) is 35.5 Å². The molecule has 0 aromatic heterocycles. The fraction of sp³-hybridized carbons (Fsp3) is 0.370. The van der Waals surface area contributed by atoms with Gasteiger partial charge in [0, 0.05) is 35.6 Å². The molecule has 2 aliphatic heterocycles. The summed E-state index contributed by atoms with van der Waals surface area (Å²) in [5, 5.41) is 2.93. The van der Waals surface area contributed by atoms with Crippen LogP contribution in [-0.2, 0) is 9.59 Å². The SMILES string of the molecule is COc1ccc(C2CC(=O)NC3=C2C(=O)[C@@]2(Oc4c(Cl)c(OC)cc(OC)c4C2=O)[C@H](C)C3)cc1OC. The van der Waals surface area contributed by atoms with E-state index in [1.54, 1.807) is 25.1 Å². The van der Waals surface area contributed by atoms with Crippen molar-refractivity contribution < 1.29 is 38.1 Å². The van der Waals surface area contributed by atoms with Gasteiger partial charge in [-0.25, -0.2) is 0 Å². The summed E-state index contributed by atoms with van der Waals surface area (Å²) in [4.78, 5) is 41.1. The quantitative estimate of drug-likeness (QED) is 0.584. The van der Waals surface area contributed by atoms with E-state index >= 15 is 0 Å². The molecule has 2 aromatic carbocycles. The van der Waals surface area contributed by atoms with Crippen LogP contribution in [-0.4, -0.2) is 51.5 Å². The van der Waals surface area contributed by atoms with Crippen LogP contribution in [0.25, 0.3) is 0 Å². The maximum Gasteiger partial charge on any atom is 0.236 e. The predicted molar refractivity (Wildman–Crippen MR) is 133 cm³/mol. The first-order chi connectivity index (χ1) is 17.7. The van der Waals surface area contributed by atoms with Gasteiger partial charge in [-0.1, -0.05) is 24.6 Å². The molecule has 2 aromatic rings. The Bertz CT molecular complexity index is 1380. The molecule has 1 aliphatic carbocycles. The van der Waals surface area contributed by atoms with E-state index in [0.29, 0.717) is 28.3 Å². The summed E-state index contributed by atoms with van der Waals surface area (Å²) < 4.78 is 27.8. The number of amides is 1. The van der Waals surface area contributed by atoms with Gasteiger partial charge in [0.2, 0.25) is 23.1 Å². The minimum atomic E-state index is -1.86. The Kier molecular flexibility index (Phi) is 6.06. The minimum Gasteiger partial charge on any atom is -0.496 e. The number of rotatable bonds is 5. The molecule has 0 saturated heterocycles. The van der Waals surface area contributed by atoms with Gasteiger partial charge in [-0.3, -0.25) is 14.4 Å². The summed E-state index contributed by atoms with van der Waals surface area (Å²) in [7, 11) is 5.88. The Labute approximate surface area is 218 Å². The summed E-state index contributed by atoms with van der Waals surface area (Å²) in [6.07, 6.45) is 0.261. The maximum atomic E-state index is 14.4. The van der Waals surface area contributed by atoms with Crippen molar-refractivity contribution in [3.63, 3.8) is 0 Å². The lowest BCUT2D eigenvalue weighted by atomic mass is 9.66. The Balaban J connectivity index is 1.66. The molecule has 3 atom stereocenters. The third-order valence-electron chi connectivity index (χ3n) is 7.37. The molecule has 9 nitrogen and oxygen atoms in total. The molecular formula is C27H26ClNO8. The molecule has 0 radical (unpaired) electrons. The fourth-order valence-electron chi connectivity index (χ4n) is 5.54. The number of hydrogen-bond acceptors (Lipinski definition) is 8. The zero-order chi connectivity index (χ0) is 26.6. The molecular weight excluding hydrogens is 502 g/mol. The molecule has 1 unspecified atom stereocenters. The predicted octanol–water partition coefficient (Wildman–Crippen LogP) is 3.86. The van der Waals surface area contributed by atoms with Crippen LogP contribution in [0.3, 0.4) is 0 Å². The van der Waals surface area contributed by atoms with Crippen molar-refractivity contribution in [3.05, 3.63) is 51.7 Å². The van der Waals surface area contributed by atoms with Crippen LogP contribution in [0.2, 0.25) is 5.02 Å². The van der Waals surface area contributed by atoms with E-state index in [-0.39, 0.29) is 46.6 Å². The smallest absolute Gasteiger partial charge is 0.236 e. The Hall–Kier alpha value is -3.72. The number of ketones is 2. The number of benzene rings is 2. The van der Waals surface area contributed by atoms with Crippen molar-refractivity contribution >= 4 is 29.1 Å². The second kappa shape index (κ2) is 8.99. The minimum absolute atomic E-state index is 0.0174. The lowest BCUT2D eigenvalue weighted by molar-refractivity contribution is -0.131. The molecule has 5 rings (SSSR count). The highest BCUT2D eigenvalue weighted by Gasteiger charge is 2.63. The van der Waals surface area contributed by atoms with Crippen LogP contribution in [0, 0.1) is 5.92 Å². The van der Waals surface area contributed by atoms with E-state index in [0.717, 1.165) is 0 Å². The molecule has 1 N–H and O–H groups in total. The number of hydrogen-bond donors (Lipinski definition) is 1. The summed E-state index contributed by atoms with van der Waals surface area (Å²) in [6.45, 7) is 1.75. The van der Waals surface area contributed by atoms with Crippen LogP contribution in [0.1, 0.15) is 41.6 Å². The number of halogens is 1. The average molecular weight is 528 g/mol. The molecule has 37 heavy (non-hydrogen) atoms. The zero-order valence-electron chi connectivity index (χ0n) is 21.0. The molecule has 194 valence electrons. The fourth-order valence-corrected chi connectivity index (χ4v) is 5.81. The van der Waals surface area contributed by atoms with E-state index in [1.807, 2.05) is 0 Å². The number of ether oxygens (including phenoxy) is 5. The van der Waals surface area contributed by atoms with Gasteiger partial charge < -0.3 is 29.0 Å². The third kappa shape index (κ3) is 3.48. The number of carbonyl (C=O) groups is 3. The average Bonchev–Trinajstić information content (AvgIpc) is 3.21. The van der Waals surface area contributed by atoms with E-state index < -0.39 is 29.0 Å². The van der Waals surface area contributed by atoms with Crippen molar-refractivity contribution in [3.8, 4) is 28.7 Å². The molecule has 0 bridgehead atoms. The number of allylic oxidation sites excluding steroid dienone is 1. The van der Waals surface area contributed by atoms with Crippen molar-refractivity contribution in [2.75, 3.05) is 28.4 Å². The molecule has 2 heterocycles. The first-order valence-electron chi connectivity index (χ1n) is 11.7. The molecule has 0 fully saturated rings. The summed E-state index contributed by atoms with van der Waals surface area (Å²) in [6, 6.07) is 6.74. The standard InChI is InChI=1S/C27H26ClNO8/c1-12-8-15-21(14(10-20(30)29-15)13-6-7-16(33-2)17(9-13)34-3)25(31)27(12)26(32)22-18(35-4)11-19(36-5)23(28)24(22)37-27/h6-7,9,11-12,14H,8,10H2,1-5H3,(H,29,30)/t12-,14?,27+/m1/s1. The first kappa shape index (κ1) is 25.0. The van der Waals surface area contributed by atoms with Crippen molar-refractivity contribution in [2.24, 2.45) is 5.92 Å². The molecule has 1 amide bonds. The lowest BCUT2D eigenvalue weighted by Gasteiger charge is -2.41. The highest BCUT2D eigenvalue weighted by atomic mass is 35.5. The van der Waals surface area contributed by atoms with E-state index in [4.69, 9.17) is 35.3 Å². The van der Waals surface area contributed by atoms with E-state index in [2.05, 4.69) is 5.32 Å². The van der Waals surface area contributed by atoms with Gasteiger partial charge in [0.1, 0.15) is 22.1 Å². The topological polar surface area (TPSA) is 109 Å². The van der Waals surface area contributed by atoms with Crippen molar-refractivity contribution in [2.45, 2.75) is 31.3 Å². The van der Waals surface area contributed by atoms with Crippen molar-refractivity contribution in [1.82, 2.24) is 5.32 Å². The van der Waals surface area contributed by atoms with Crippen LogP contribution in [0.4, 0.5) is 0 Å². The first-order valence-corrected chi connectivity index (χ1v) is 12.1. The van der Waals surface area contributed by atoms with Gasteiger partial charge in [-0.05, 0) is 24.1 Å². The number of Topliss-reactive ketones (excluding diaryl/α,β-unsaturated/α-hetero) is 2. The van der Waals surface area contributed by atoms with E-state index in [9.17, 15) is 14.4 Å². The Morgan fingerprint density at radius 3 is 2.22 bits per heavy atom. The number of nitrogens with one attached hydrogen (secondary N) is 1. The highest BCUT2D eigenvalue weighted by Crippen LogP contribution is 2.55. The molecule has 3 aliphatic rings. The molecule has 1 spiro atoms. The number of carbonyl (C=O) groups excluding carboxylic acids is 3. The largest absolute Gasteiger partial charge is 0.496 e. The number of fused-ring (bicyclic) bond motifs is 1. The monoisotopic (exact) mass is 527 g/mol. The van der Waals surface area contributed by atoms with Crippen LogP contribution in [0.5, 0.6) is 28.7 Å². The van der Waals surface area contributed by atoms with Gasteiger partial charge in [-0.15, -0.1) is 0 Å². The Morgan fingerprint density at radius 2 is 1.57 bits per heavy atom. The summed E-state index contributed by atoms with van der Waals surface area (Å²) in [5.74, 6) is -1.000. The van der Waals surface area contributed by atoms with Gasteiger partial charge in [0.15, 0.2) is 17.2 Å². The lowest BCUT2D eigenvalue weighted by Crippen LogP contribution is -2.59. The summed E-state index contributed by atoms with van der Waals surface area (Å²) in [5.41, 5.74) is -0.268. The highest BCUT2D eigenvalue weighted by molar-refractivity contribution is 6.36. The maximum absolute atomic E-state index is 14.4. The second-order valence-electron chi connectivity index (χ2n) is 9.21. The van der Waals surface area contributed by atoms with Gasteiger partial charge in [0.25, 0.3) is 0 Å².